The van der Waals surface area contributed by atoms with Crippen LogP contribution in [0.2, 0.25) is 0 Å². The predicted molar refractivity (Wildman–Crippen MR) is 77.7 cm³/mol. The second kappa shape index (κ2) is 6.91. The monoisotopic (exact) mass is 276 g/mol. The van der Waals surface area contributed by atoms with E-state index in [-0.39, 0.29) is 12.5 Å². The molecule has 2 N–H and O–H groups in total. The summed E-state index contributed by atoms with van der Waals surface area (Å²) in [6, 6.07) is 9.78. The van der Waals surface area contributed by atoms with Crippen molar-refractivity contribution in [3.63, 3.8) is 0 Å². The van der Waals surface area contributed by atoms with E-state index >= 15 is 0 Å². The van der Waals surface area contributed by atoms with Gasteiger partial charge >= 0.3 is 6.03 Å². The molecule has 1 aromatic carbocycles. The molecule has 0 aliphatic carbocycles. The number of para-hydroxylation sites is 1. The highest BCUT2D eigenvalue weighted by Gasteiger charge is 2.19. The van der Waals surface area contributed by atoms with Gasteiger partial charge in [-0.05, 0) is 12.1 Å². The minimum absolute atomic E-state index is 0.260. The van der Waals surface area contributed by atoms with Crippen LogP contribution in [0, 0.1) is 0 Å². The van der Waals surface area contributed by atoms with Crippen molar-refractivity contribution in [3.05, 3.63) is 30.3 Å². The zero-order valence-corrected chi connectivity index (χ0v) is 11.6. The van der Waals surface area contributed by atoms with E-state index in [0.717, 1.165) is 26.2 Å². The number of hydrogen-bond donors (Lipinski definition) is 2. The van der Waals surface area contributed by atoms with Crippen LogP contribution in [0.4, 0.5) is 10.5 Å². The van der Waals surface area contributed by atoms with Crippen molar-refractivity contribution in [3.8, 4) is 0 Å². The minimum atomic E-state index is -0.460. The molecular formula is C14H20N4O2. The highest BCUT2D eigenvalue weighted by molar-refractivity contribution is 5.95. The van der Waals surface area contributed by atoms with Gasteiger partial charge in [-0.25, -0.2) is 4.79 Å². The van der Waals surface area contributed by atoms with Crippen molar-refractivity contribution in [2.24, 2.45) is 0 Å². The number of benzene rings is 1. The number of imide groups is 1. The van der Waals surface area contributed by atoms with Gasteiger partial charge in [0, 0.05) is 38.9 Å². The fourth-order valence-electron chi connectivity index (χ4n) is 2.23. The SMILES string of the molecule is CNC(=O)NC(=O)CN1CCN(c2ccccc2)CC1. The van der Waals surface area contributed by atoms with Gasteiger partial charge in [-0.15, -0.1) is 0 Å². The fourth-order valence-corrected chi connectivity index (χ4v) is 2.23. The third kappa shape index (κ3) is 3.96. The third-order valence-corrected chi connectivity index (χ3v) is 3.34. The number of nitrogens with zero attached hydrogens (tertiary/aromatic N) is 2. The Labute approximate surface area is 118 Å². The van der Waals surface area contributed by atoms with E-state index in [4.69, 9.17) is 0 Å². The topological polar surface area (TPSA) is 64.7 Å². The van der Waals surface area contributed by atoms with E-state index in [0.29, 0.717) is 0 Å². The molecule has 108 valence electrons. The molecule has 20 heavy (non-hydrogen) atoms. The van der Waals surface area contributed by atoms with Crippen LogP contribution in [-0.2, 0) is 4.79 Å². The van der Waals surface area contributed by atoms with Crippen molar-refractivity contribution < 1.29 is 9.59 Å². The lowest BCUT2D eigenvalue weighted by Gasteiger charge is -2.35. The smallest absolute Gasteiger partial charge is 0.321 e. The summed E-state index contributed by atoms with van der Waals surface area (Å²) in [5, 5.41) is 4.64. The highest BCUT2D eigenvalue weighted by atomic mass is 16.2. The molecule has 0 aromatic heterocycles. The molecule has 1 aliphatic rings. The van der Waals surface area contributed by atoms with Crippen LogP contribution < -0.4 is 15.5 Å². The molecule has 0 saturated carbocycles. The first-order chi connectivity index (χ1) is 9.69. The maximum Gasteiger partial charge on any atom is 0.321 e. The van der Waals surface area contributed by atoms with Gasteiger partial charge in [0.05, 0.1) is 6.54 Å². The van der Waals surface area contributed by atoms with Crippen LogP contribution >= 0.6 is 0 Å². The second-order valence-electron chi connectivity index (χ2n) is 4.73. The lowest BCUT2D eigenvalue weighted by Crippen LogP contribution is -2.50. The van der Waals surface area contributed by atoms with Gasteiger partial charge in [0.2, 0.25) is 5.91 Å². The number of carbonyl (C=O) groups excluding carboxylic acids is 2. The highest BCUT2D eigenvalue weighted by Crippen LogP contribution is 2.15. The van der Waals surface area contributed by atoms with Crippen LogP contribution in [0.3, 0.4) is 0 Å². The largest absolute Gasteiger partial charge is 0.369 e. The van der Waals surface area contributed by atoms with Gasteiger partial charge in [0.25, 0.3) is 0 Å². The van der Waals surface area contributed by atoms with Crippen LogP contribution in [-0.4, -0.2) is 56.6 Å². The molecule has 0 spiro atoms. The summed E-state index contributed by atoms with van der Waals surface area (Å²) in [6.45, 7) is 3.66. The number of carbonyl (C=O) groups is 2. The molecule has 1 saturated heterocycles. The molecule has 1 aromatic rings. The summed E-state index contributed by atoms with van der Waals surface area (Å²) in [6.07, 6.45) is 0. The van der Waals surface area contributed by atoms with Crippen LogP contribution in [0.15, 0.2) is 30.3 Å². The summed E-state index contributed by atoms with van der Waals surface area (Å²) >= 11 is 0. The molecule has 0 bridgehead atoms. The average Bonchev–Trinajstić information content (AvgIpc) is 2.48. The molecule has 0 atom stereocenters. The molecule has 2 rings (SSSR count). The lowest BCUT2D eigenvalue weighted by atomic mass is 10.2. The number of piperazine rings is 1. The maximum atomic E-state index is 11.6. The normalized spacial score (nSPS) is 15.8. The van der Waals surface area contributed by atoms with Gasteiger partial charge < -0.3 is 10.2 Å². The van der Waals surface area contributed by atoms with Crippen molar-refractivity contribution in [2.75, 3.05) is 44.7 Å². The number of anilines is 1. The van der Waals surface area contributed by atoms with E-state index in [2.05, 4.69) is 32.6 Å². The van der Waals surface area contributed by atoms with Crippen molar-refractivity contribution in [1.82, 2.24) is 15.5 Å². The standard InChI is InChI=1S/C14H20N4O2/c1-15-14(20)16-13(19)11-17-7-9-18(10-8-17)12-5-3-2-4-6-12/h2-6H,7-11H2,1H3,(H2,15,16,19,20). The first-order valence-corrected chi connectivity index (χ1v) is 6.73. The van der Waals surface area contributed by atoms with Gasteiger partial charge in [-0.1, -0.05) is 18.2 Å². The zero-order chi connectivity index (χ0) is 14.4. The maximum absolute atomic E-state index is 11.6. The van der Waals surface area contributed by atoms with Crippen molar-refractivity contribution in [1.29, 1.82) is 0 Å². The Morgan fingerprint density at radius 3 is 2.35 bits per heavy atom. The summed E-state index contributed by atoms with van der Waals surface area (Å²) in [5.74, 6) is -0.266. The molecule has 1 aliphatic heterocycles. The van der Waals surface area contributed by atoms with E-state index < -0.39 is 6.03 Å². The quantitative estimate of drug-likeness (QED) is 0.831. The molecule has 6 nitrogen and oxygen atoms in total. The fraction of sp³-hybridized carbons (Fsp3) is 0.429. The van der Waals surface area contributed by atoms with Crippen molar-refractivity contribution >= 4 is 17.6 Å². The Hall–Kier alpha value is -2.08. The molecule has 1 heterocycles. The molecular weight excluding hydrogens is 256 g/mol. The van der Waals surface area contributed by atoms with Crippen LogP contribution in [0.1, 0.15) is 0 Å². The van der Waals surface area contributed by atoms with E-state index in [1.54, 1.807) is 0 Å². The van der Waals surface area contributed by atoms with Gasteiger partial charge in [0.15, 0.2) is 0 Å². The Morgan fingerprint density at radius 2 is 1.75 bits per heavy atom. The number of nitrogens with one attached hydrogen (secondary N) is 2. The van der Waals surface area contributed by atoms with Gasteiger partial charge in [0.1, 0.15) is 0 Å². The number of hydrogen-bond acceptors (Lipinski definition) is 4. The first kappa shape index (κ1) is 14.3. The summed E-state index contributed by atoms with van der Waals surface area (Å²) in [5.41, 5.74) is 1.21. The molecule has 0 unspecified atom stereocenters. The van der Waals surface area contributed by atoms with Crippen LogP contribution in [0.5, 0.6) is 0 Å². The summed E-state index contributed by atoms with van der Waals surface area (Å²) in [4.78, 5) is 27.0. The third-order valence-electron chi connectivity index (χ3n) is 3.34. The Kier molecular flexibility index (Phi) is 4.95. The average molecular weight is 276 g/mol. The van der Waals surface area contributed by atoms with Gasteiger partial charge in [-0.2, -0.15) is 0 Å². The zero-order valence-electron chi connectivity index (χ0n) is 11.6. The molecule has 1 fully saturated rings. The first-order valence-electron chi connectivity index (χ1n) is 6.73. The number of urea groups is 1. The predicted octanol–water partition coefficient (Wildman–Crippen LogP) is 0.264. The Balaban J connectivity index is 1.77. The molecule has 6 heteroatoms. The van der Waals surface area contributed by atoms with Gasteiger partial charge in [-0.3, -0.25) is 15.0 Å². The molecule has 0 radical (unpaired) electrons. The number of amides is 3. The minimum Gasteiger partial charge on any atom is -0.369 e. The van der Waals surface area contributed by atoms with E-state index in [1.165, 1.54) is 12.7 Å². The number of rotatable bonds is 3. The van der Waals surface area contributed by atoms with Crippen molar-refractivity contribution in [2.45, 2.75) is 0 Å². The Morgan fingerprint density at radius 1 is 1.10 bits per heavy atom. The molecule has 3 amide bonds. The Bertz CT molecular complexity index is 456. The van der Waals surface area contributed by atoms with E-state index in [9.17, 15) is 9.59 Å². The summed E-state index contributed by atoms with van der Waals surface area (Å²) < 4.78 is 0. The van der Waals surface area contributed by atoms with Crippen LogP contribution in [0.25, 0.3) is 0 Å². The van der Waals surface area contributed by atoms with E-state index in [1.807, 2.05) is 18.2 Å². The summed E-state index contributed by atoms with van der Waals surface area (Å²) in [7, 11) is 1.49. The second-order valence-corrected chi connectivity index (χ2v) is 4.73. The lowest BCUT2D eigenvalue weighted by molar-refractivity contribution is -0.121.